The summed E-state index contributed by atoms with van der Waals surface area (Å²) in [6.45, 7) is 4.90. The van der Waals surface area contributed by atoms with Crippen molar-refractivity contribution in [2.75, 3.05) is 6.54 Å². The zero-order valence-electron chi connectivity index (χ0n) is 9.11. The smallest absolute Gasteiger partial charge is 0.213 e. The summed E-state index contributed by atoms with van der Waals surface area (Å²) >= 11 is 0. The summed E-state index contributed by atoms with van der Waals surface area (Å²) in [6, 6.07) is 3.69. The van der Waals surface area contributed by atoms with Crippen molar-refractivity contribution < 1.29 is 8.42 Å². The van der Waals surface area contributed by atoms with Crippen molar-refractivity contribution in [1.29, 1.82) is 10.5 Å². The van der Waals surface area contributed by atoms with Gasteiger partial charge in [-0.2, -0.15) is 10.5 Å². The van der Waals surface area contributed by atoms with Crippen LogP contribution in [0.1, 0.15) is 27.2 Å². The molecule has 0 amide bonds. The van der Waals surface area contributed by atoms with E-state index in [0.29, 0.717) is 0 Å². The third kappa shape index (κ3) is 4.28. The van der Waals surface area contributed by atoms with Crippen molar-refractivity contribution in [2.24, 2.45) is 5.41 Å². The molecule has 0 radical (unpaired) electrons. The first-order chi connectivity index (χ1) is 6.79. The van der Waals surface area contributed by atoms with Crippen LogP contribution in [0.3, 0.4) is 0 Å². The second kappa shape index (κ2) is 5.11. The highest BCUT2D eigenvalue weighted by molar-refractivity contribution is 7.90. The van der Waals surface area contributed by atoms with Gasteiger partial charge in [0.15, 0.2) is 5.25 Å². The fourth-order valence-electron chi connectivity index (χ4n) is 0.801. The maximum Gasteiger partial charge on any atom is 0.228 e. The van der Waals surface area contributed by atoms with Crippen LogP contribution in [-0.4, -0.2) is 20.2 Å². The van der Waals surface area contributed by atoms with Gasteiger partial charge < -0.3 is 0 Å². The van der Waals surface area contributed by atoms with Gasteiger partial charge in [-0.05, 0) is 20.3 Å². The fraction of sp³-hybridized carbons (Fsp3) is 0.778. The molecule has 1 unspecified atom stereocenters. The molecule has 0 aliphatic carbocycles. The monoisotopic (exact) mass is 229 g/mol. The first-order valence-corrected chi connectivity index (χ1v) is 6.13. The van der Waals surface area contributed by atoms with Crippen molar-refractivity contribution in [3.63, 3.8) is 0 Å². The van der Waals surface area contributed by atoms with E-state index < -0.39 is 20.7 Å². The van der Waals surface area contributed by atoms with Gasteiger partial charge in [0, 0.05) is 6.54 Å². The molecule has 0 rings (SSSR count). The summed E-state index contributed by atoms with van der Waals surface area (Å²) in [6.07, 6.45) is 0.235. The van der Waals surface area contributed by atoms with Crippen molar-refractivity contribution in [1.82, 2.24) is 4.72 Å². The highest BCUT2D eigenvalue weighted by Crippen LogP contribution is 2.12. The van der Waals surface area contributed by atoms with Crippen molar-refractivity contribution in [2.45, 2.75) is 32.4 Å². The van der Waals surface area contributed by atoms with Crippen LogP contribution < -0.4 is 4.72 Å². The van der Waals surface area contributed by atoms with E-state index in [2.05, 4.69) is 4.72 Å². The molecule has 6 heteroatoms. The molecule has 1 atom stereocenters. The number of sulfonamides is 1. The third-order valence-electron chi connectivity index (χ3n) is 1.91. The zero-order valence-corrected chi connectivity index (χ0v) is 9.93. The van der Waals surface area contributed by atoms with Gasteiger partial charge in [0.05, 0.1) is 17.6 Å². The molecule has 15 heavy (non-hydrogen) atoms. The molecule has 0 aromatic rings. The maximum atomic E-state index is 11.5. The molecular formula is C9H15N3O2S. The molecule has 0 fully saturated rings. The van der Waals surface area contributed by atoms with E-state index in [1.165, 1.54) is 0 Å². The number of nitrogens with zero attached hydrogens (tertiary/aromatic N) is 2. The lowest BCUT2D eigenvalue weighted by Gasteiger charge is -2.17. The van der Waals surface area contributed by atoms with E-state index in [-0.39, 0.29) is 13.0 Å². The molecule has 84 valence electrons. The van der Waals surface area contributed by atoms with Gasteiger partial charge in [0.1, 0.15) is 0 Å². The molecular weight excluding hydrogens is 214 g/mol. The second-order valence-corrected chi connectivity index (χ2v) is 5.84. The van der Waals surface area contributed by atoms with Crippen LogP contribution in [0.15, 0.2) is 0 Å². The van der Waals surface area contributed by atoms with Gasteiger partial charge in [0.25, 0.3) is 0 Å². The minimum absolute atomic E-state index is 0.0179. The Bertz CT molecular complexity index is 387. The van der Waals surface area contributed by atoms with Crippen LogP contribution in [0.5, 0.6) is 0 Å². The van der Waals surface area contributed by atoms with Crippen LogP contribution >= 0.6 is 0 Å². The molecule has 1 N–H and O–H groups in total. The minimum Gasteiger partial charge on any atom is -0.213 e. The molecule has 0 aromatic carbocycles. The quantitative estimate of drug-likeness (QED) is 0.753. The summed E-state index contributed by atoms with van der Waals surface area (Å²) in [4.78, 5) is 0. The Morgan fingerprint density at radius 3 is 2.27 bits per heavy atom. The molecule has 5 nitrogen and oxygen atoms in total. The average molecular weight is 229 g/mol. The molecule has 0 saturated heterocycles. The Morgan fingerprint density at radius 2 is 1.93 bits per heavy atom. The van der Waals surface area contributed by atoms with Crippen LogP contribution in [-0.2, 0) is 10.0 Å². The average Bonchev–Trinajstić information content (AvgIpc) is 2.17. The first kappa shape index (κ1) is 13.9. The van der Waals surface area contributed by atoms with Gasteiger partial charge in [-0.3, -0.25) is 0 Å². The van der Waals surface area contributed by atoms with Gasteiger partial charge in [-0.1, -0.05) is 6.92 Å². The van der Waals surface area contributed by atoms with E-state index in [9.17, 15) is 8.42 Å². The zero-order chi connectivity index (χ0) is 12.1. The second-order valence-electron chi connectivity index (χ2n) is 3.89. The predicted octanol–water partition coefficient (Wildman–Crippen LogP) is 0.758. The predicted molar refractivity (Wildman–Crippen MR) is 56.0 cm³/mol. The molecule has 0 bridgehead atoms. The topological polar surface area (TPSA) is 93.8 Å². The number of nitrogens with one attached hydrogen (secondary N) is 1. The van der Waals surface area contributed by atoms with Crippen molar-refractivity contribution >= 4 is 10.0 Å². The van der Waals surface area contributed by atoms with Crippen molar-refractivity contribution in [3.8, 4) is 12.1 Å². The van der Waals surface area contributed by atoms with E-state index >= 15 is 0 Å². The summed E-state index contributed by atoms with van der Waals surface area (Å²) in [5.74, 6) is 0. The minimum atomic E-state index is -3.63. The van der Waals surface area contributed by atoms with E-state index in [1.54, 1.807) is 26.8 Å². The lowest BCUT2D eigenvalue weighted by Crippen LogP contribution is -2.38. The van der Waals surface area contributed by atoms with Gasteiger partial charge >= 0.3 is 0 Å². The Morgan fingerprint density at radius 1 is 1.40 bits per heavy atom. The first-order valence-electron chi connectivity index (χ1n) is 4.58. The number of nitriles is 2. The Labute approximate surface area is 90.8 Å². The molecule has 0 aliphatic heterocycles. The lowest BCUT2D eigenvalue weighted by molar-refractivity contribution is 0.477. The highest BCUT2D eigenvalue weighted by atomic mass is 32.2. The van der Waals surface area contributed by atoms with Crippen molar-refractivity contribution in [3.05, 3.63) is 0 Å². The van der Waals surface area contributed by atoms with Gasteiger partial charge in [0.2, 0.25) is 10.0 Å². The third-order valence-corrected chi connectivity index (χ3v) is 3.64. The number of hydrogen-bond donors (Lipinski definition) is 1. The molecule has 0 heterocycles. The Hall–Kier alpha value is -1.11. The van der Waals surface area contributed by atoms with E-state index in [0.717, 1.165) is 0 Å². The fourth-order valence-corrected chi connectivity index (χ4v) is 2.14. The normalized spacial score (nSPS) is 13.9. The summed E-state index contributed by atoms with van der Waals surface area (Å²) < 4.78 is 25.3. The van der Waals surface area contributed by atoms with Crippen LogP contribution in [0, 0.1) is 28.1 Å². The lowest BCUT2D eigenvalue weighted by atomic mass is 9.97. The molecule has 0 aliphatic rings. The largest absolute Gasteiger partial charge is 0.228 e. The molecule has 0 spiro atoms. The maximum absolute atomic E-state index is 11.5. The summed E-state index contributed by atoms with van der Waals surface area (Å²) in [5.41, 5.74) is -0.763. The van der Waals surface area contributed by atoms with E-state index in [1.807, 2.05) is 6.07 Å². The number of rotatable bonds is 5. The molecule has 0 aromatic heterocycles. The summed E-state index contributed by atoms with van der Waals surface area (Å²) in [5, 5.41) is 16.3. The SMILES string of the molecule is CCC(C#N)S(=O)(=O)NCC(C)(C)C#N. The highest BCUT2D eigenvalue weighted by Gasteiger charge is 2.26. The Kier molecular flexibility index (Phi) is 4.73. The van der Waals surface area contributed by atoms with Crippen LogP contribution in [0.25, 0.3) is 0 Å². The molecule has 0 saturated carbocycles. The van der Waals surface area contributed by atoms with E-state index in [4.69, 9.17) is 10.5 Å². The van der Waals surface area contributed by atoms with Gasteiger partial charge in [-0.15, -0.1) is 0 Å². The standard InChI is InChI=1S/C9H15N3O2S/c1-4-8(5-10)15(13,14)12-7-9(2,3)6-11/h8,12H,4,7H2,1-3H3. The number of hydrogen-bond acceptors (Lipinski definition) is 4. The summed E-state index contributed by atoms with van der Waals surface area (Å²) in [7, 11) is -3.63. The van der Waals surface area contributed by atoms with Crippen LogP contribution in [0.4, 0.5) is 0 Å². The Balaban J connectivity index is 4.57. The van der Waals surface area contributed by atoms with Gasteiger partial charge in [-0.25, -0.2) is 13.1 Å². The van der Waals surface area contributed by atoms with Crippen LogP contribution in [0.2, 0.25) is 0 Å².